The molecule has 1 aromatic rings. The monoisotopic (exact) mass is 333 g/mol. The second kappa shape index (κ2) is 3.99. The Kier molecular flexibility index (Phi) is 3.55. The van der Waals surface area contributed by atoms with Crippen molar-refractivity contribution in [2.24, 2.45) is 5.73 Å². The fourth-order valence-corrected chi connectivity index (χ4v) is 2.84. The van der Waals surface area contributed by atoms with Gasteiger partial charge >= 0.3 is 0 Å². The van der Waals surface area contributed by atoms with Gasteiger partial charge in [0.2, 0.25) is 0 Å². The van der Waals surface area contributed by atoms with E-state index in [0.29, 0.717) is 12.9 Å². The van der Waals surface area contributed by atoms with Crippen molar-refractivity contribution in [2.75, 3.05) is 0 Å². The van der Waals surface area contributed by atoms with Crippen LogP contribution in [0.3, 0.4) is 0 Å². The molecule has 0 spiro atoms. The summed E-state index contributed by atoms with van der Waals surface area (Å²) in [6, 6.07) is 1.94. The molecule has 0 amide bonds. The summed E-state index contributed by atoms with van der Waals surface area (Å²) in [6.45, 7) is 0.550. The van der Waals surface area contributed by atoms with Gasteiger partial charge in [0.05, 0.1) is 12.1 Å². The minimum absolute atomic E-state index is 0.550. The van der Waals surface area contributed by atoms with Gasteiger partial charge in [-0.25, -0.2) is 4.45 Å². The van der Waals surface area contributed by atoms with E-state index in [1.807, 2.05) is 10.5 Å². The molecule has 3 nitrogen and oxygen atoms in total. The van der Waals surface area contributed by atoms with Gasteiger partial charge in [0.25, 0.3) is 0 Å². The average Bonchev–Trinajstić information content (AvgIpc) is 2.30. The number of hydrogen-bond donors (Lipinski definition) is 1. The van der Waals surface area contributed by atoms with Crippen molar-refractivity contribution in [2.45, 2.75) is 6.54 Å². The molecule has 56 valence electrons. The van der Waals surface area contributed by atoms with Crippen LogP contribution in [0.5, 0.6) is 0 Å². The molecule has 2 N–H and O–H groups in total. The molecule has 6 heteroatoms. The first kappa shape index (κ1) is 8.90. The summed E-state index contributed by atoms with van der Waals surface area (Å²) >= 11 is 5.55. The third kappa shape index (κ3) is 1.90. The Morgan fingerprint density at radius 3 is 3.00 bits per heavy atom. The number of aromatic nitrogens is 2. The highest BCUT2D eigenvalue weighted by atomic mass is 127. The molecule has 0 saturated heterocycles. The van der Waals surface area contributed by atoms with E-state index < -0.39 is 0 Å². The zero-order chi connectivity index (χ0) is 7.56. The van der Waals surface area contributed by atoms with Gasteiger partial charge in [-0.1, -0.05) is 0 Å². The first-order valence-corrected chi connectivity index (χ1v) is 7.44. The molecule has 0 aliphatic rings. The molecule has 1 unspecified atom stereocenters. The second-order valence-electron chi connectivity index (χ2n) is 1.66. The summed E-state index contributed by atoms with van der Waals surface area (Å²) in [4.78, 5) is 0. The Morgan fingerprint density at radius 2 is 2.60 bits per heavy atom. The Bertz CT molecular complexity index is 205. The van der Waals surface area contributed by atoms with Gasteiger partial charge in [-0.3, -0.25) is 0 Å². The molecule has 0 saturated carbocycles. The highest BCUT2D eigenvalue weighted by molar-refractivity contribution is 14.2. The molecule has 0 aromatic carbocycles. The quantitative estimate of drug-likeness (QED) is 0.663. The van der Waals surface area contributed by atoms with Gasteiger partial charge < -0.3 is 5.73 Å². The van der Waals surface area contributed by atoms with Crippen LogP contribution in [0.1, 0.15) is 5.69 Å². The van der Waals surface area contributed by atoms with Crippen LogP contribution in [-0.4, -0.2) is 9.55 Å². The fourth-order valence-electron chi connectivity index (χ4n) is 0.606. The predicted molar refractivity (Wildman–Crippen MR) is 55.6 cm³/mol. The molecule has 10 heavy (non-hydrogen) atoms. The SMILES string of the molecule is NCc1cc(Br)nn1PI. The van der Waals surface area contributed by atoms with E-state index in [1.54, 1.807) is 0 Å². The fraction of sp³-hybridized carbons (Fsp3) is 0.250. The van der Waals surface area contributed by atoms with Gasteiger partial charge in [0.15, 0.2) is 0 Å². The molecule has 1 atom stereocenters. The molecule has 0 bridgehead atoms. The molecule has 1 heterocycles. The Morgan fingerprint density at radius 1 is 1.90 bits per heavy atom. The molecular weight excluding hydrogens is 328 g/mol. The standard InChI is InChI=1S/C4H6BrIN3P/c5-4-1-3(2-7)9(8-4)10-6/h1,10H,2,7H2. The van der Waals surface area contributed by atoms with Gasteiger partial charge in [0, 0.05) is 6.54 Å². The second-order valence-corrected chi connectivity index (χ2v) is 4.51. The van der Waals surface area contributed by atoms with E-state index in [-0.39, 0.29) is 0 Å². The van der Waals surface area contributed by atoms with Crippen LogP contribution >= 0.6 is 44.3 Å². The lowest BCUT2D eigenvalue weighted by molar-refractivity contribution is 0.891. The summed E-state index contributed by atoms with van der Waals surface area (Å²) in [5.41, 5.74) is 6.53. The summed E-state index contributed by atoms with van der Waals surface area (Å²) in [7, 11) is 0. The lowest BCUT2D eigenvalue weighted by Gasteiger charge is -1.97. The lowest BCUT2D eigenvalue weighted by atomic mass is 10.4. The van der Waals surface area contributed by atoms with Crippen molar-refractivity contribution < 1.29 is 0 Å². The molecule has 0 radical (unpaired) electrons. The Balaban J connectivity index is 2.96. The van der Waals surface area contributed by atoms with Crippen molar-refractivity contribution in [1.29, 1.82) is 0 Å². The van der Waals surface area contributed by atoms with Crippen molar-refractivity contribution in [3.63, 3.8) is 0 Å². The minimum atomic E-state index is 0.550. The first-order valence-electron chi connectivity index (χ1n) is 2.59. The van der Waals surface area contributed by atoms with Gasteiger partial charge in [-0.2, -0.15) is 5.10 Å². The maximum atomic E-state index is 5.46. The van der Waals surface area contributed by atoms with Crippen molar-refractivity contribution in [3.8, 4) is 0 Å². The molecule has 0 fully saturated rings. The van der Waals surface area contributed by atoms with E-state index in [4.69, 9.17) is 5.73 Å². The number of nitrogens with zero attached hydrogens (tertiary/aromatic N) is 2. The molecule has 1 rings (SSSR count). The molecule has 0 aliphatic carbocycles. The van der Waals surface area contributed by atoms with Crippen LogP contribution in [0, 0.1) is 0 Å². The van der Waals surface area contributed by atoms with Crippen LogP contribution in [0.15, 0.2) is 10.7 Å². The van der Waals surface area contributed by atoms with Crippen molar-refractivity contribution in [3.05, 3.63) is 16.4 Å². The summed E-state index contributed by atoms with van der Waals surface area (Å²) < 4.78 is 2.75. The largest absolute Gasteiger partial charge is 0.325 e. The van der Waals surface area contributed by atoms with Crippen LogP contribution in [0.25, 0.3) is 0 Å². The predicted octanol–water partition coefficient (Wildman–Crippen LogP) is 1.90. The first-order chi connectivity index (χ1) is 4.77. The maximum absolute atomic E-state index is 5.46. The van der Waals surface area contributed by atoms with Crippen LogP contribution < -0.4 is 5.73 Å². The molecule has 1 aromatic heterocycles. The molecule has 0 aliphatic heterocycles. The van der Waals surface area contributed by atoms with Gasteiger partial charge in [0.1, 0.15) is 4.60 Å². The number of rotatable bonds is 2. The maximum Gasteiger partial charge on any atom is 0.128 e. The van der Waals surface area contributed by atoms with Crippen molar-refractivity contribution >= 4 is 44.3 Å². The van der Waals surface area contributed by atoms with Gasteiger partial charge in [-0.05, 0) is 44.0 Å². The highest BCUT2D eigenvalue weighted by Crippen LogP contribution is 2.26. The third-order valence-corrected chi connectivity index (χ3v) is 3.35. The Labute approximate surface area is 82.2 Å². The minimum Gasteiger partial charge on any atom is -0.325 e. The lowest BCUT2D eigenvalue weighted by Crippen LogP contribution is -2.00. The highest BCUT2D eigenvalue weighted by Gasteiger charge is 2.01. The van der Waals surface area contributed by atoms with Crippen LogP contribution in [-0.2, 0) is 6.54 Å². The van der Waals surface area contributed by atoms with E-state index in [9.17, 15) is 0 Å². The summed E-state index contributed by atoms with van der Waals surface area (Å²) in [5, 5.41) is 4.16. The van der Waals surface area contributed by atoms with Crippen molar-refractivity contribution in [1.82, 2.24) is 9.55 Å². The smallest absolute Gasteiger partial charge is 0.128 e. The summed E-state index contributed by atoms with van der Waals surface area (Å²) in [5.74, 6) is 0. The van der Waals surface area contributed by atoms with E-state index in [0.717, 1.165) is 10.3 Å². The zero-order valence-electron chi connectivity index (χ0n) is 5.01. The van der Waals surface area contributed by atoms with Crippen LogP contribution in [0.2, 0.25) is 0 Å². The van der Waals surface area contributed by atoms with E-state index >= 15 is 0 Å². The number of hydrogen-bond acceptors (Lipinski definition) is 2. The number of nitrogens with two attached hydrogens (primary N) is 1. The van der Waals surface area contributed by atoms with E-state index in [2.05, 4.69) is 43.1 Å². The average molecular weight is 334 g/mol. The van der Waals surface area contributed by atoms with E-state index in [1.165, 1.54) is 0 Å². The zero-order valence-corrected chi connectivity index (χ0v) is 9.76. The topological polar surface area (TPSA) is 43.8 Å². The van der Waals surface area contributed by atoms with Gasteiger partial charge in [-0.15, -0.1) is 0 Å². The molecular formula is C4H6BrIN3P. The number of halogens is 2. The Hall–Kier alpha value is 0.810. The normalized spacial score (nSPS) is 11.5. The summed E-state index contributed by atoms with van der Waals surface area (Å²) in [6.07, 6.45) is 0.622. The third-order valence-electron chi connectivity index (χ3n) is 1.04. The van der Waals surface area contributed by atoms with Crippen LogP contribution in [0.4, 0.5) is 0 Å².